The fraction of sp³-hybridized carbons (Fsp3) is 0.600. The number of allylic oxidation sites excluding steroid dienone is 2. The zero-order valence-corrected chi connectivity index (χ0v) is 28.4. The second kappa shape index (κ2) is 15.9. The number of benzene rings is 1. The molecule has 0 aliphatic carbocycles. The van der Waals surface area contributed by atoms with Crippen molar-refractivity contribution in [3.05, 3.63) is 48.1 Å². The molecule has 0 saturated heterocycles. The van der Waals surface area contributed by atoms with Crippen LogP contribution in [-0.2, 0) is 0 Å². The number of hydrogen-bond acceptors (Lipinski definition) is 12. The third-order valence-corrected chi connectivity index (χ3v) is 7.40. The Morgan fingerprint density at radius 3 is 1.19 bits per heavy atom. The van der Waals surface area contributed by atoms with Gasteiger partial charge in [0.1, 0.15) is 25.5 Å². The van der Waals surface area contributed by atoms with Gasteiger partial charge < -0.3 is 39.2 Å². The molecule has 0 radical (unpaired) electrons. The third-order valence-electron chi connectivity index (χ3n) is 7.40. The Hall–Kier alpha value is -3.96. The topological polar surface area (TPSA) is 57.1 Å². The molecule has 0 spiro atoms. The van der Waals surface area contributed by atoms with Crippen LogP contribution in [0.2, 0.25) is 0 Å². The van der Waals surface area contributed by atoms with Gasteiger partial charge in [0, 0.05) is 94.3 Å². The first-order chi connectivity index (χ1) is 19.7. The van der Waals surface area contributed by atoms with Crippen LogP contribution in [0.4, 0.5) is 11.4 Å². The second-order valence-corrected chi connectivity index (χ2v) is 11.6. The highest BCUT2D eigenvalue weighted by Gasteiger charge is 2.18. The largest absolute Gasteiger partial charge is 0.362 e. The highest BCUT2D eigenvalue weighted by Crippen LogP contribution is 2.32. The van der Waals surface area contributed by atoms with Crippen LogP contribution in [0.15, 0.2) is 58.3 Å². The summed E-state index contributed by atoms with van der Waals surface area (Å²) in [6, 6.07) is 8.46. The van der Waals surface area contributed by atoms with E-state index in [0.29, 0.717) is 0 Å². The highest BCUT2D eigenvalue weighted by molar-refractivity contribution is 5.80. The minimum Gasteiger partial charge on any atom is -0.362 e. The molecule has 1 aromatic carbocycles. The van der Waals surface area contributed by atoms with Crippen molar-refractivity contribution in [3.8, 4) is 0 Å². The molecule has 0 atom stereocenters. The van der Waals surface area contributed by atoms with Gasteiger partial charge >= 0.3 is 0 Å². The van der Waals surface area contributed by atoms with E-state index in [0.717, 1.165) is 39.2 Å². The van der Waals surface area contributed by atoms with Gasteiger partial charge in [0.15, 0.2) is 0 Å². The Labute approximate surface area is 255 Å². The molecule has 5 aliphatic rings. The van der Waals surface area contributed by atoms with Crippen molar-refractivity contribution in [1.29, 1.82) is 0 Å². The lowest BCUT2D eigenvalue weighted by Crippen LogP contribution is -2.23. The van der Waals surface area contributed by atoms with Crippen LogP contribution in [0, 0.1) is 0 Å². The quantitative estimate of drug-likeness (QED) is 0.455. The van der Waals surface area contributed by atoms with E-state index in [1.54, 1.807) is 6.34 Å². The molecular weight excluding hydrogens is 528 g/mol. The summed E-state index contributed by atoms with van der Waals surface area (Å²) in [5.74, 6) is 1.09. The maximum absolute atomic E-state index is 4.15. The van der Waals surface area contributed by atoms with Gasteiger partial charge in [-0.1, -0.05) is 12.1 Å². The van der Waals surface area contributed by atoms with Crippen molar-refractivity contribution in [2.45, 2.75) is 20.8 Å². The molecule has 1 aromatic rings. The summed E-state index contributed by atoms with van der Waals surface area (Å²) in [6.07, 6.45) is 5.92. The minimum atomic E-state index is 0.917. The van der Waals surface area contributed by atoms with Crippen molar-refractivity contribution < 1.29 is 0 Å². The van der Waals surface area contributed by atoms with E-state index in [1.165, 1.54) is 22.8 Å². The van der Waals surface area contributed by atoms with Gasteiger partial charge in [-0.15, -0.1) is 0 Å². The Morgan fingerprint density at radius 2 is 0.976 bits per heavy atom. The number of hydrogen-bond donors (Lipinski definition) is 0. The molecule has 12 heteroatoms. The molecule has 5 heterocycles. The van der Waals surface area contributed by atoms with E-state index in [1.807, 2.05) is 50.0 Å². The predicted octanol–water partition coefficient (Wildman–Crippen LogP) is 2.81. The predicted molar refractivity (Wildman–Crippen MR) is 179 cm³/mol. The molecule has 0 unspecified atom stereocenters. The molecule has 0 N–H and O–H groups in total. The zero-order valence-electron chi connectivity index (χ0n) is 28.4. The van der Waals surface area contributed by atoms with Crippen molar-refractivity contribution in [2.75, 3.05) is 114 Å². The summed E-state index contributed by atoms with van der Waals surface area (Å²) in [6.45, 7) is 11.2. The van der Waals surface area contributed by atoms with E-state index in [-0.39, 0.29) is 0 Å². The van der Waals surface area contributed by atoms with Gasteiger partial charge in [-0.2, -0.15) is 10.2 Å². The fourth-order valence-electron chi connectivity index (χ4n) is 4.67. The number of anilines is 2. The van der Waals surface area contributed by atoms with E-state index < -0.39 is 0 Å². The minimum absolute atomic E-state index is 0.917. The Bertz CT molecular complexity index is 1010. The van der Waals surface area contributed by atoms with Crippen molar-refractivity contribution in [1.82, 2.24) is 39.4 Å². The van der Waals surface area contributed by atoms with E-state index in [2.05, 4.69) is 137 Å². The molecule has 12 nitrogen and oxygen atoms in total. The van der Waals surface area contributed by atoms with Crippen LogP contribution in [0.3, 0.4) is 0 Å². The molecule has 0 fully saturated rings. The first kappa shape index (κ1) is 34.2. The summed E-state index contributed by atoms with van der Waals surface area (Å²) in [7, 11) is 20.5. The molecule has 0 aromatic heterocycles. The summed E-state index contributed by atoms with van der Waals surface area (Å²) in [5, 5.41) is 11.9. The molecule has 236 valence electrons. The molecule has 0 amide bonds. The van der Waals surface area contributed by atoms with Gasteiger partial charge in [0.2, 0.25) is 0 Å². The summed E-state index contributed by atoms with van der Waals surface area (Å²) < 4.78 is 0. The first-order valence-corrected chi connectivity index (χ1v) is 14.3. The third kappa shape index (κ3) is 10.5. The second-order valence-electron chi connectivity index (χ2n) is 11.6. The molecule has 0 bridgehead atoms. The standard InChI is InChI=1S/C9H12N2.C7H14N2.C5H11N3.C5H10N2.C4H9N3/c1-10-7-11(2)9-6-4-3-5-8(9)10;1-6-7(2)9(4)5-8(6)3;1-5-6-8(3)4-7(5)2;1-6-3-4-7(2)5-6;1-6-3-5-7(2)4-6/h3-6H,7H2,1-2H3;5H2,1-4H3;4H2,1-3H3;3-4H,5H2,1-2H3;3H,4H2,1-2H3. The van der Waals surface area contributed by atoms with Gasteiger partial charge in [-0.05, 0) is 32.9 Å². The van der Waals surface area contributed by atoms with E-state index >= 15 is 0 Å². The van der Waals surface area contributed by atoms with Crippen molar-refractivity contribution in [3.63, 3.8) is 0 Å². The number of fused-ring (bicyclic) bond motifs is 1. The van der Waals surface area contributed by atoms with Crippen molar-refractivity contribution >= 4 is 23.5 Å². The summed E-state index contributed by atoms with van der Waals surface area (Å²) in [5.41, 5.74) is 5.43. The van der Waals surface area contributed by atoms with E-state index in [4.69, 9.17) is 0 Å². The molecule has 42 heavy (non-hydrogen) atoms. The van der Waals surface area contributed by atoms with Crippen LogP contribution in [0.25, 0.3) is 0 Å². The zero-order chi connectivity index (χ0) is 31.6. The first-order valence-electron chi connectivity index (χ1n) is 14.3. The average molecular weight is 585 g/mol. The smallest absolute Gasteiger partial charge is 0.123 e. The summed E-state index contributed by atoms with van der Waals surface area (Å²) in [4.78, 5) is 17.3. The number of rotatable bonds is 0. The van der Waals surface area contributed by atoms with Crippen molar-refractivity contribution in [2.24, 2.45) is 10.2 Å². The van der Waals surface area contributed by atoms with Crippen LogP contribution in [0.1, 0.15) is 20.8 Å². The number of hydrazone groups is 2. The number of para-hydroxylation sites is 2. The number of amidine groups is 1. The maximum Gasteiger partial charge on any atom is 0.123 e. The lowest BCUT2D eigenvalue weighted by Gasteiger charge is -2.14. The van der Waals surface area contributed by atoms with Gasteiger partial charge in [0.05, 0.1) is 31.4 Å². The molecular formula is C30H56N12. The van der Waals surface area contributed by atoms with Crippen LogP contribution >= 0.6 is 0 Å². The molecule has 6 rings (SSSR count). The average Bonchev–Trinajstić information content (AvgIpc) is 3.71. The number of nitrogens with zero attached hydrogens (tertiary/aromatic N) is 12. The normalized spacial score (nSPS) is 18.5. The Balaban J connectivity index is 0.000000186. The van der Waals surface area contributed by atoms with E-state index in [9.17, 15) is 0 Å². The van der Waals surface area contributed by atoms with Crippen LogP contribution in [0.5, 0.6) is 0 Å². The Morgan fingerprint density at radius 1 is 0.500 bits per heavy atom. The fourth-order valence-corrected chi connectivity index (χ4v) is 4.67. The molecule has 0 saturated carbocycles. The monoisotopic (exact) mass is 584 g/mol. The highest BCUT2D eigenvalue weighted by atomic mass is 15.6. The van der Waals surface area contributed by atoms with Crippen LogP contribution < -0.4 is 9.80 Å². The Kier molecular flexibility index (Phi) is 12.9. The van der Waals surface area contributed by atoms with Crippen LogP contribution in [-0.4, -0.2) is 155 Å². The van der Waals surface area contributed by atoms with Gasteiger partial charge in [-0.3, -0.25) is 10.0 Å². The SMILES string of the molecule is CC1=C(C)N(C)CN1C.CC1=NN(C)CN1C.CN1C=CN(C)C1.CN1C=NN(C)C1.CN1CN(C)c2ccccc21. The molecule has 5 aliphatic heterocycles. The van der Waals surface area contributed by atoms with Gasteiger partial charge in [-0.25, -0.2) is 0 Å². The summed E-state index contributed by atoms with van der Waals surface area (Å²) >= 11 is 0. The lowest BCUT2D eigenvalue weighted by molar-refractivity contribution is 0.302. The maximum atomic E-state index is 4.15. The van der Waals surface area contributed by atoms with Gasteiger partial charge in [0.25, 0.3) is 0 Å². The lowest BCUT2D eigenvalue weighted by atomic mass is 10.3.